The predicted molar refractivity (Wildman–Crippen MR) is 77.1 cm³/mol. The summed E-state index contributed by atoms with van der Waals surface area (Å²) in [7, 11) is 0. The second-order valence-corrected chi connectivity index (χ2v) is 6.66. The van der Waals surface area contributed by atoms with E-state index < -0.39 is 0 Å². The van der Waals surface area contributed by atoms with Gasteiger partial charge >= 0.3 is 0 Å². The molecular formula is C15H22ClN2. The Balaban J connectivity index is 2.14. The van der Waals surface area contributed by atoms with Crippen LogP contribution in [0.1, 0.15) is 32.4 Å². The van der Waals surface area contributed by atoms with E-state index in [0.29, 0.717) is 11.5 Å². The number of benzene rings is 1. The maximum absolute atomic E-state index is 5.96. The zero-order chi connectivity index (χ0) is 13.2. The van der Waals surface area contributed by atoms with Crippen LogP contribution in [-0.2, 0) is 0 Å². The van der Waals surface area contributed by atoms with Crippen LogP contribution in [-0.4, -0.2) is 31.1 Å². The minimum absolute atomic E-state index is 0.321. The van der Waals surface area contributed by atoms with E-state index in [0.717, 1.165) is 31.2 Å². The first-order valence-corrected chi connectivity index (χ1v) is 6.96. The van der Waals surface area contributed by atoms with Crippen LogP contribution < -0.4 is 5.32 Å². The lowest BCUT2D eigenvalue weighted by molar-refractivity contribution is 0.112. The third kappa shape index (κ3) is 3.71. The molecule has 0 aliphatic carbocycles. The summed E-state index contributed by atoms with van der Waals surface area (Å²) in [6, 6.07) is 8.62. The molecule has 1 heterocycles. The SMILES string of the molecule is CC(C)(C)CN1CC[N]CC1c1ccc(Cl)cc1. The molecule has 18 heavy (non-hydrogen) atoms. The van der Waals surface area contributed by atoms with E-state index in [1.54, 1.807) is 0 Å². The summed E-state index contributed by atoms with van der Waals surface area (Å²) in [5, 5.41) is 5.36. The van der Waals surface area contributed by atoms with Crippen molar-refractivity contribution in [1.82, 2.24) is 10.2 Å². The van der Waals surface area contributed by atoms with Gasteiger partial charge in [-0.3, -0.25) is 4.90 Å². The lowest BCUT2D eigenvalue weighted by atomic mass is 9.93. The molecule has 3 heteroatoms. The van der Waals surface area contributed by atoms with Crippen LogP contribution in [0.15, 0.2) is 24.3 Å². The van der Waals surface area contributed by atoms with Crippen molar-refractivity contribution in [2.75, 3.05) is 26.2 Å². The topological polar surface area (TPSA) is 17.3 Å². The summed E-state index contributed by atoms with van der Waals surface area (Å²) in [6.45, 7) is 10.9. The third-order valence-electron chi connectivity index (χ3n) is 3.22. The van der Waals surface area contributed by atoms with Gasteiger partial charge in [-0.2, -0.15) is 0 Å². The van der Waals surface area contributed by atoms with Crippen molar-refractivity contribution >= 4 is 11.6 Å². The standard InChI is InChI=1S/C15H22ClN2/c1-15(2,3)11-18-9-8-17-10-14(18)12-4-6-13(16)7-5-12/h4-7,14H,8-11H2,1-3H3. The molecule has 2 nitrogen and oxygen atoms in total. The first-order valence-electron chi connectivity index (χ1n) is 6.58. The Kier molecular flexibility index (Phi) is 4.31. The van der Waals surface area contributed by atoms with Gasteiger partial charge in [-0.15, -0.1) is 0 Å². The van der Waals surface area contributed by atoms with E-state index in [2.05, 4.69) is 43.1 Å². The summed E-state index contributed by atoms with van der Waals surface area (Å²) >= 11 is 5.96. The van der Waals surface area contributed by atoms with Crippen LogP contribution in [0.2, 0.25) is 5.02 Å². The quantitative estimate of drug-likeness (QED) is 0.802. The second-order valence-electron chi connectivity index (χ2n) is 6.23. The van der Waals surface area contributed by atoms with Crippen LogP contribution in [0.5, 0.6) is 0 Å². The largest absolute Gasteiger partial charge is 0.293 e. The first kappa shape index (κ1) is 13.9. The maximum Gasteiger partial charge on any atom is 0.0490 e. The highest BCUT2D eigenvalue weighted by molar-refractivity contribution is 6.30. The number of hydrogen-bond donors (Lipinski definition) is 0. The molecule has 0 bridgehead atoms. The zero-order valence-corrected chi connectivity index (χ0v) is 12.2. The van der Waals surface area contributed by atoms with E-state index in [-0.39, 0.29) is 0 Å². The number of nitrogens with zero attached hydrogens (tertiary/aromatic N) is 2. The lowest BCUT2D eigenvalue weighted by Crippen LogP contribution is -2.46. The maximum atomic E-state index is 5.96. The average Bonchev–Trinajstić information content (AvgIpc) is 2.29. The molecule has 2 rings (SSSR count). The second kappa shape index (κ2) is 5.60. The molecule has 0 spiro atoms. The van der Waals surface area contributed by atoms with E-state index in [1.165, 1.54) is 5.56 Å². The zero-order valence-electron chi connectivity index (χ0n) is 11.5. The van der Waals surface area contributed by atoms with Gasteiger partial charge in [0, 0.05) is 37.2 Å². The molecule has 1 atom stereocenters. The highest BCUT2D eigenvalue weighted by Crippen LogP contribution is 2.27. The van der Waals surface area contributed by atoms with Gasteiger partial charge in [0.25, 0.3) is 0 Å². The smallest absolute Gasteiger partial charge is 0.0490 e. The van der Waals surface area contributed by atoms with Gasteiger partial charge in [0.15, 0.2) is 0 Å². The molecule has 1 aromatic carbocycles. The van der Waals surface area contributed by atoms with Gasteiger partial charge in [0.1, 0.15) is 0 Å². The van der Waals surface area contributed by atoms with Gasteiger partial charge in [-0.25, -0.2) is 5.32 Å². The molecule has 1 unspecified atom stereocenters. The average molecular weight is 266 g/mol. The minimum Gasteiger partial charge on any atom is -0.293 e. The highest BCUT2D eigenvalue weighted by Gasteiger charge is 2.27. The Morgan fingerprint density at radius 1 is 1.28 bits per heavy atom. The number of halogens is 1. The van der Waals surface area contributed by atoms with Gasteiger partial charge in [0.05, 0.1) is 0 Å². The molecule has 0 aromatic heterocycles. The van der Waals surface area contributed by atoms with Crippen LogP contribution in [0.3, 0.4) is 0 Å². The molecule has 1 aliphatic rings. The minimum atomic E-state index is 0.321. The van der Waals surface area contributed by atoms with Crippen molar-refractivity contribution < 1.29 is 0 Å². The Hall–Kier alpha value is -0.570. The molecule has 0 saturated carbocycles. The third-order valence-corrected chi connectivity index (χ3v) is 3.47. The Labute approximate surface area is 115 Å². The fourth-order valence-electron chi connectivity index (χ4n) is 2.48. The fourth-order valence-corrected chi connectivity index (χ4v) is 2.61. The predicted octanol–water partition coefficient (Wildman–Crippen LogP) is 3.35. The van der Waals surface area contributed by atoms with Crippen molar-refractivity contribution in [3.63, 3.8) is 0 Å². The van der Waals surface area contributed by atoms with E-state index >= 15 is 0 Å². The number of piperazine rings is 1. The van der Waals surface area contributed by atoms with Crippen LogP contribution >= 0.6 is 11.6 Å². The van der Waals surface area contributed by atoms with E-state index in [4.69, 9.17) is 11.6 Å². The van der Waals surface area contributed by atoms with Gasteiger partial charge in [-0.05, 0) is 23.1 Å². The van der Waals surface area contributed by atoms with Crippen molar-refractivity contribution in [3.8, 4) is 0 Å². The molecule has 0 amide bonds. The lowest BCUT2D eigenvalue weighted by Gasteiger charge is -2.39. The monoisotopic (exact) mass is 265 g/mol. The van der Waals surface area contributed by atoms with Crippen molar-refractivity contribution in [3.05, 3.63) is 34.9 Å². The Morgan fingerprint density at radius 3 is 2.56 bits per heavy atom. The normalized spacial score (nSPS) is 22.1. The molecule has 99 valence electrons. The van der Waals surface area contributed by atoms with Crippen molar-refractivity contribution in [1.29, 1.82) is 0 Å². The van der Waals surface area contributed by atoms with Crippen LogP contribution in [0, 0.1) is 5.41 Å². The summed E-state index contributed by atoms with van der Waals surface area (Å²) in [6.07, 6.45) is 0. The highest BCUT2D eigenvalue weighted by atomic mass is 35.5. The van der Waals surface area contributed by atoms with Crippen molar-refractivity contribution in [2.24, 2.45) is 5.41 Å². The molecule has 1 aliphatic heterocycles. The van der Waals surface area contributed by atoms with Gasteiger partial charge in [-0.1, -0.05) is 44.5 Å². The molecule has 1 fully saturated rings. The molecule has 1 aromatic rings. The van der Waals surface area contributed by atoms with Crippen molar-refractivity contribution in [2.45, 2.75) is 26.8 Å². The van der Waals surface area contributed by atoms with Crippen LogP contribution in [0.25, 0.3) is 0 Å². The van der Waals surface area contributed by atoms with Gasteiger partial charge < -0.3 is 0 Å². The summed E-state index contributed by atoms with van der Waals surface area (Å²) < 4.78 is 0. The molecule has 1 radical (unpaired) electrons. The summed E-state index contributed by atoms with van der Waals surface area (Å²) in [5.74, 6) is 0. The van der Waals surface area contributed by atoms with Crippen LogP contribution in [0.4, 0.5) is 0 Å². The summed E-state index contributed by atoms with van der Waals surface area (Å²) in [5.41, 5.74) is 1.65. The molecule has 1 saturated heterocycles. The Bertz CT molecular complexity index is 380. The van der Waals surface area contributed by atoms with E-state index in [9.17, 15) is 0 Å². The van der Waals surface area contributed by atoms with E-state index in [1.807, 2.05) is 12.1 Å². The Morgan fingerprint density at radius 2 is 1.94 bits per heavy atom. The number of hydrogen-bond acceptors (Lipinski definition) is 1. The molecule has 0 N–H and O–H groups in total. The number of rotatable bonds is 2. The fraction of sp³-hybridized carbons (Fsp3) is 0.600. The first-order chi connectivity index (χ1) is 8.46. The van der Waals surface area contributed by atoms with Gasteiger partial charge in [0.2, 0.25) is 0 Å². The summed E-state index contributed by atoms with van der Waals surface area (Å²) in [4.78, 5) is 2.55. The molecular weight excluding hydrogens is 244 g/mol.